The maximum Gasteiger partial charge on any atom is 0.224 e. The van der Waals surface area contributed by atoms with E-state index in [1.54, 1.807) is 18.8 Å². The summed E-state index contributed by atoms with van der Waals surface area (Å²) in [6.45, 7) is 3.63. The number of nitrogens with zero attached hydrogens (tertiary/aromatic N) is 2. The van der Waals surface area contributed by atoms with E-state index in [-0.39, 0.29) is 5.91 Å². The van der Waals surface area contributed by atoms with Gasteiger partial charge >= 0.3 is 0 Å². The van der Waals surface area contributed by atoms with Crippen molar-refractivity contribution in [2.45, 2.75) is 32.7 Å². The Morgan fingerprint density at radius 2 is 2.30 bits per heavy atom. The topological polar surface area (TPSA) is 60.1 Å². The zero-order valence-corrected chi connectivity index (χ0v) is 13.3. The van der Waals surface area contributed by atoms with Gasteiger partial charge in [0.15, 0.2) is 0 Å². The first-order valence-corrected chi connectivity index (χ1v) is 7.97. The van der Waals surface area contributed by atoms with E-state index in [0.717, 1.165) is 35.9 Å². The molecule has 3 aromatic rings. The van der Waals surface area contributed by atoms with Crippen LogP contribution in [-0.4, -0.2) is 22.0 Å². The van der Waals surface area contributed by atoms with Crippen LogP contribution in [0.1, 0.15) is 24.5 Å². The van der Waals surface area contributed by atoms with Gasteiger partial charge in [0, 0.05) is 36.4 Å². The zero-order valence-electron chi connectivity index (χ0n) is 13.3. The molecule has 5 nitrogen and oxygen atoms in total. The average molecular weight is 311 g/mol. The number of amides is 1. The Balaban J connectivity index is 1.53. The summed E-state index contributed by atoms with van der Waals surface area (Å²) in [4.78, 5) is 16.1. The first kappa shape index (κ1) is 15.3. The Hall–Kier alpha value is -2.56. The third-order valence-electron chi connectivity index (χ3n) is 3.95. The standard InChI is InChI=1S/C18H21N3O2/c1-2-14-4-5-17-16(10-14)15(12-23-17)11-18(22)20-6-3-8-21-9-7-19-13-21/h4-5,7,9-10,12-13H,2-3,6,8,11H2,1H3,(H,20,22). The summed E-state index contributed by atoms with van der Waals surface area (Å²) in [5, 5.41) is 4.00. The lowest BCUT2D eigenvalue weighted by atomic mass is 10.1. The van der Waals surface area contributed by atoms with Crippen molar-refractivity contribution in [2.24, 2.45) is 0 Å². The van der Waals surface area contributed by atoms with Crippen molar-refractivity contribution >= 4 is 16.9 Å². The van der Waals surface area contributed by atoms with Crippen LogP contribution in [0, 0.1) is 0 Å². The van der Waals surface area contributed by atoms with E-state index in [2.05, 4.69) is 29.4 Å². The fourth-order valence-corrected chi connectivity index (χ4v) is 2.63. The van der Waals surface area contributed by atoms with E-state index in [1.807, 2.05) is 16.8 Å². The molecule has 3 rings (SSSR count). The smallest absolute Gasteiger partial charge is 0.224 e. The molecule has 0 saturated carbocycles. The summed E-state index contributed by atoms with van der Waals surface area (Å²) < 4.78 is 7.54. The monoisotopic (exact) mass is 311 g/mol. The predicted molar refractivity (Wildman–Crippen MR) is 89.1 cm³/mol. The van der Waals surface area contributed by atoms with E-state index in [1.165, 1.54) is 5.56 Å². The molecule has 0 unspecified atom stereocenters. The first-order valence-electron chi connectivity index (χ1n) is 7.97. The predicted octanol–water partition coefficient (Wildman–Crippen LogP) is 2.94. The number of imidazole rings is 1. The molecular weight excluding hydrogens is 290 g/mol. The maximum absolute atomic E-state index is 12.1. The molecule has 0 aliphatic carbocycles. The molecule has 0 bridgehead atoms. The average Bonchev–Trinajstić information content (AvgIpc) is 3.21. The second kappa shape index (κ2) is 7.13. The fraction of sp³-hybridized carbons (Fsp3) is 0.333. The lowest BCUT2D eigenvalue weighted by Crippen LogP contribution is -2.26. The van der Waals surface area contributed by atoms with Crippen molar-refractivity contribution in [3.8, 4) is 0 Å². The normalized spacial score (nSPS) is 11.0. The van der Waals surface area contributed by atoms with E-state index in [0.29, 0.717) is 13.0 Å². The summed E-state index contributed by atoms with van der Waals surface area (Å²) >= 11 is 0. The highest BCUT2D eigenvalue weighted by Crippen LogP contribution is 2.23. The molecule has 23 heavy (non-hydrogen) atoms. The quantitative estimate of drug-likeness (QED) is 0.682. The number of nitrogens with one attached hydrogen (secondary N) is 1. The Kier molecular flexibility index (Phi) is 4.76. The third-order valence-corrected chi connectivity index (χ3v) is 3.95. The second-order valence-corrected chi connectivity index (χ2v) is 5.63. The second-order valence-electron chi connectivity index (χ2n) is 5.63. The lowest BCUT2D eigenvalue weighted by Gasteiger charge is -2.05. The van der Waals surface area contributed by atoms with Crippen LogP contribution in [0.5, 0.6) is 0 Å². The van der Waals surface area contributed by atoms with Crippen LogP contribution in [0.15, 0.2) is 47.6 Å². The van der Waals surface area contributed by atoms with Gasteiger partial charge in [0.1, 0.15) is 5.58 Å². The maximum atomic E-state index is 12.1. The largest absolute Gasteiger partial charge is 0.464 e. The van der Waals surface area contributed by atoms with Gasteiger partial charge in [-0.05, 0) is 30.5 Å². The van der Waals surface area contributed by atoms with Gasteiger partial charge in [-0.25, -0.2) is 4.98 Å². The number of carbonyl (C=O) groups is 1. The molecule has 0 aliphatic rings. The van der Waals surface area contributed by atoms with Crippen molar-refractivity contribution in [1.29, 1.82) is 0 Å². The van der Waals surface area contributed by atoms with Crippen molar-refractivity contribution in [1.82, 2.24) is 14.9 Å². The number of aromatic nitrogens is 2. The van der Waals surface area contributed by atoms with E-state index in [9.17, 15) is 4.79 Å². The number of hydrogen-bond donors (Lipinski definition) is 1. The highest BCUT2D eigenvalue weighted by atomic mass is 16.3. The van der Waals surface area contributed by atoms with Crippen molar-refractivity contribution in [3.05, 3.63) is 54.3 Å². The Labute approximate surface area is 135 Å². The van der Waals surface area contributed by atoms with Crippen molar-refractivity contribution in [2.75, 3.05) is 6.54 Å². The molecule has 2 heterocycles. The number of furan rings is 1. The van der Waals surface area contributed by atoms with Crippen LogP contribution >= 0.6 is 0 Å². The molecule has 1 amide bonds. The highest BCUT2D eigenvalue weighted by molar-refractivity contribution is 5.88. The van der Waals surface area contributed by atoms with Gasteiger partial charge < -0.3 is 14.3 Å². The molecule has 5 heteroatoms. The van der Waals surface area contributed by atoms with Gasteiger partial charge in [-0.3, -0.25) is 4.79 Å². The lowest BCUT2D eigenvalue weighted by molar-refractivity contribution is -0.120. The Morgan fingerprint density at radius 1 is 1.39 bits per heavy atom. The molecule has 1 N–H and O–H groups in total. The Bertz CT molecular complexity index is 775. The molecule has 0 saturated heterocycles. The van der Waals surface area contributed by atoms with Crippen LogP contribution in [0.3, 0.4) is 0 Å². The minimum atomic E-state index is 0.0280. The minimum Gasteiger partial charge on any atom is -0.464 e. The molecule has 0 radical (unpaired) electrons. The van der Waals surface area contributed by atoms with Gasteiger partial charge in [-0.15, -0.1) is 0 Å². The van der Waals surface area contributed by atoms with Gasteiger partial charge in [-0.1, -0.05) is 13.0 Å². The molecule has 0 spiro atoms. The summed E-state index contributed by atoms with van der Waals surface area (Å²) in [6, 6.07) is 6.15. The summed E-state index contributed by atoms with van der Waals surface area (Å²) in [5.74, 6) is 0.0280. The van der Waals surface area contributed by atoms with E-state index in [4.69, 9.17) is 4.42 Å². The van der Waals surface area contributed by atoms with Crippen LogP contribution in [-0.2, 0) is 24.2 Å². The Morgan fingerprint density at radius 3 is 3.09 bits per heavy atom. The number of carbonyl (C=O) groups excluding carboxylic acids is 1. The number of benzene rings is 1. The summed E-state index contributed by atoms with van der Waals surface area (Å²) in [7, 11) is 0. The van der Waals surface area contributed by atoms with E-state index >= 15 is 0 Å². The SMILES string of the molecule is CCc1ccc2occ(CC(=O)NCCCn3ccnc3)c2c1. The van der Waals surface area contributed by atoms with E-state index < -0.39 is 0 Å². The number of fused-ring (bicyclic) bond motifs is 1. The minimum absolute atomic E-state index is 0.0280. The van der Waals surface area contributed by atoms with Gasteiger partial charge in [-0.2, -0.15) is 0 Å². The van der Waals surface area contributed by atoms with Crippen LogP contribution < -0.4 is 5.32 Å². The summed E-state index contributed by atoms with van der Waals surface area (Å²) in [5.41, 5.74) is 3.04. The third kappa shape index (κ3) is 3.80. The molecule has 0 aliphatic heterocycles. The van der Waals surface area contributed by atoms with Gasteiger partial charge in [0.2, 0.25) is 5.91 Å². The van der Waals surface area contributed by atoms with Crippen LogP contribution in [0.4, 0.5) is 0 Å². The fourth-order valence-electron chi connectivity index (χ4n) is 2.63. The summed E-state index contributed by atoms with van der Waals surface area (Å²) in [6.07, 6.45) is 9.36. The molecule has 0 fully saturated rings. The molecular formula is C18H21N3O2. The van der Waals surface area contributed by atoms with Crippen LogP contribution in [0.2, 0.25) is 0 Å². The highest BCUT2D eigenvalue weighted by Gasteiger charge is 2.10. The van der Waals surface area contributed by atoms with Crippen molar-refractivity contribution < 1.29 is 9.21 Å². The number of hydrogen-bond acceptors (Lipinski definition) is 3. The molecule has 1 aromatic carbocycles. The zero-order chi connectivity index (χ0) is 16.1. The number of aryl methyl sites for hydroxylation is 2. The number of rotatable bonds is 7. The van der Waals surface area contributed by atoms with Crippen molar-refractivity contribution in [3.63, 3.8) is 0 Å². The van der Waals surface area contributed by atoms with Gasteiger partial charge in [0.05, 0.1) is 19.0 Å². The molecule has 0 atom stereocenters. The molecule has 2 aromatic heterocycles. The molecule has 120 valence electrons. The van der Waals surface area contributed by atoms with Crippen LogP contribution in [0.25, 0.3) is 11.0 Å². The van der Waals surface area contributed by atoms with Gasteiger partial charge in [0.25, 0.3) is 0 Å². The first-order chi connectivity index (χ1) is 11.3.